The van der Waals surface area contributed by atoms with Crippen molar-refractivity contribution >= 4 is 5.91 Å². The van der Waals surface area contributed by atoms with Crippen LogP contribution >= 0.6 is 0 Å². The third-order valence-corrected chi connectivity index (χ3v) is 2.10. The fraction of sp³-hybridized carbons (Fsp3) is 0.417. The van der Waals surface area contributed by atoms with Gasteiger partial charge in [0, 0.05) is 12.1 Å². The Kier molecular flexibility index (Phi) is 3.35. The van der Waals surface area contributed by atoms with Gasteiger partial charge < -0.3 is 9.32 Å². The lowest BCUT2D eigenvalue weighted by Crippen LogP contribution is -2.45. The molecule has 0 aromatic carbocycles. The van der Waals surface area contributed by atoms with Crippen molar-refractivity contribution in [1.82, 2.24) is 4.90 Å². The van der Waals surface area contributed by atoms with Crippen molar-refractivity contribution in [3.8, 4) is 0 Å². The van der Waals surface area contributed by atoms with Crippen molar-refractivity contribution in [2.75, 3.05) is 6.54 Å². The molecule has 0 N–H and O–H groups in total. The molecule has 0 atom stereocenters. The van der Waals surface area contributed by atoms with Crippen LogP contribution < -0.4 is 0 Å². The molecule has 0 spiro atoms. The largest absolute Gasteiger partial charge is 0.459 e. The number of hydrogen-bond donors (Lipinski definition) is 0. The van der Waals surface area contributed by atoms with E-state index in [4.69, 9.17) is 4.42 Å². The molecule has 0 radical (unpaired) electrons. The van der Waals surface area contributed by atoms with Gasteiger partial charge in [0.05, 0.1) is 6.26 Å². The van der Waals surface area contributed by atoms with Crippen molar-refractivity contribution in [3.63, 3.8) is 0 Å². The lowest BCUT2D eigenvalue weighted by Gasteiger charge is -2.34. The third-order valence-electron chi connectivity index (χ3n) is 2.10. The second-order valence-electron chi connectivity index (χ2n) is 4.35. The zero-order valence-corrected chi connectivity index (χ0v) is 9.49. The highest BCUT2D eigenvalue weighted by Crippen LogP contribution is 2.17. The summed E-state index contributed by atoms with van der Waals surface area (Å²) in [6.45, 7) is 10.1. The number of hydrogen-bond acceptors (Lipinski definition) is 2. The average Bonchev–Trinajstić information content (AvgIpc) is 2.63. The molecule has 0 fully saturated rings. The molecule has 0 aliphatic rings. The Labute approximate surface area is 90.4 Å². The number of amides is 1. The molecule has 15 heavy (non-hydrogen) atoms. The van der Waals surface area contributed by atoms with E-state index in [0.717, 1.165) is 0 Å². The van der Waals surface area contributed by atoms with Gasteiger partial charge in [0.25, 0.3) is 5.91 Å². The number of furan rings is 1. The van der Waals surface area contributed by atoms with Gasteiger partial charge in [-0.3, -0.25) is 4.79 Å². The normalized spacial score (nSPS) is 11.1. The summed E-state index contributed by atoms with van der Waals surface area (Å²) in [4.78, 5) is 13.7. The van der Waals surface area contributed by atoms with Gasteiger partial charge in [0.2, 0.25) is 0 Å². The average molecular weight is 207 g/mol. The molecule has 0 unspecified atom stereocenters. The predicted molar refractivity (Wildman–Crippen MR) is 59.7 cm³/mol. The van der Waals surface area contributed by atoms with Crippen LogP contribution in [0.4, 0.5) is 0 Å². The van der Waals surface area contributed by atoms with Crippen LogP contribution in [0.1, 0.15) is 31.3 Å². The molecule has 0 saturated carbocycles. The number of carbonyl (C=O) groups excluding carboxylic acids is 1. The highest BCUT2D eigenvalue weighted by atomic mass is 16.3. The van der Waals surface area contributed by atoms with E-state index in [1.807, 2.05) is 20.8 Å². The van der Waals surface area contributed by atoms with E-state index in [9.17, 15) is 4.79 Å². The first kappa shape index (κ1) is 11.6. The Hall–Kier alpha value is -1.51. The third kappa shape index (κ3) is 2.72. The van der Waals surface area contributed by atoms with Gasteiger partial charge in [0.15, 0.2) is 5.76 Å². The van der Waals surface area contributed by atoms with Gasteiger partial charge >= 0.3 is 0 Å². The van der Waals surface area contributed by atoms with Crippen molar-refractivity contribution < 1.29 is 9.21 Å². The number of nitrogens with zero attached hydrogens (tertiary/aromatic N) is 1. The summed E-state index contributed by atoms with van der Waals surface area (Å²) in [6.07, 6.45) is 3.22. The minimum absolute atomic E-state index is 0.104. The highest BCUT2D eigenvalue weighted by molar-refractivity contribution is 5.92. The molecule has 3 heteroatoms. The van der Waals surface area contributed by atoms with Crippen molar-refractivity contribution in [1.29, 1.82) is 0 Å². The van der Waals surface area contributed by atoms with E-state index in [0.29, 0.717) is 12.3 Å². The summed E-state index contributed by atoms with van der Waals surface area (Å²) in [5.41, 5.74) is -0.238. The molecule has 3 nitrogen and oxygen atoms in total. The minimum Gasteiger partial charge on any atom is -0.459 e. The Morgan fingerprint density at radius 3 is 2.67 bits per heavy atom. The first-order chi connectivity index (χ1) is 6.96. The van der Waals surface area contributed by atoms with Crippen LogP contribution in [0, 0.1) is 0 Å². The zero-order chi connectivity index (χ0) is 11.5. The van der Waals surface area contributed by atoms with E-state index in [1.54, 1.807) is 23.1 Å². The van der Waals surface area contributed by atoms with Crippen LogP contribution in [-0.4, -0.2) is 22.9 Å². The molecule has 1 aromatic heterocycles. The molecular weight excluding hydrogens is 190 g/mol. The van der Waals surface area contributed by atoms with Crippen molar-refractivity contribution in [3.05, 3.63) is 36.8 Å². The van der Waals surface area contributed by atoms with Crippen LogP contribution in [0.25, 0.3) is 0 Å². The maximum absolute atomic E-state index is 12.0. The maximum atomic E-state index is 12.0. The van der Waals surface area contributed by atoms with Crippen LogP contribution in [-0.2, 0) is 0 Å². The van der Waals surface area contributed by atoms with Gasteiger partial charge in [0.1, 0.15) is 0 Å². The van der Waals surface area contributed by atoms with Gasteiger partial charge in [-0.2, -0.15) is 0 Å². The lowest BCUT2D eigenvalue weighted by atomic mass is 10.1. The number of rotatable bonds is 3. The second kappa shape index (κ2) is 4.34. The molecule has 1 rings (SSSR count). The van der Waals surface area contributed by atoms with Crippen LogP contribution in [0.15, 0.2) is 35.5 Å². The zero-order valence-electron chi connectivity index (χ0n) is 9.49. The Bertz CT molecular complexity index is 333. The first-order valence-corrected chi connectivity index (χ1v) is 4.93. The summed E-state index contributed by atoms with van der Waals surface area (Å²) in [7, 11) is 0. The molecule has 82 valence electrons. The predicted octanol–water partition coefficient (Wildman–Crippen LogP) is 2.71. The fourth-order valence-corrected chi connectivity index (χ4v) is 1.32. The first-order valence-electron chi connectivity index (χ1n) is 4.93. The van der Waals surface area contributed by atoms with Crippen molar-refractivity contribution in [2.24, 2.45) is 0 Å². The van der Waals surface area contributed by atoms with Crippen LogP contribution in [0.3, 0.4) is 0 Å². The molecular formula is C12H17NO2. The SMILES string of the molecule is C=CCN(C(=O)c1ccco1)C(C)(C)C. The van der Waals surface area contributed by atoms with Crippen LogP contribution in [0.2, 0.25) is 0 Å². The topological polar surface area (TPSA) is 33.5 Å². The maximum Gasteiger partial charge on any atom is 0.290 e. The summed E-state index contributed by atoms with van der Waals surface area (Å²) in [5.74, 6) is 0.263. The standard InChI is InChI=1S/C12H17NO2/c1-5-8-13(12(2,3)4)11(14)10-7-6-9-15-10/h5-7,9H,1,8H2,2-4H3. The Morgan fingerprint density at radius 1 is 1.60 bits per heavy atom. The monoisotopic (exact) mass is 207 g/mol. The van der Waals surface area contributed by atoms with E-state index >= 15 is 0 Å². The summed E-state index contributed by atoms with van der Waals surface area (Å²) in [5, 5.41) is 0. The molecule has 1 amide bonds. The van der Waals surface area contributed by atoms with Gasteiger partial charge in [-0.25, -0.2) is 0 Å². The highest BCUT2D eigenvalue weighted by Gasteiger charge is 2.27. The van der Waals surface area contributed by atoms with Gasteiger partial charge in [-0.15, -0.1) is 6.58 Å². The fourth-order valence-electron chi connectivity index (χ4n) is 1.32. The molecule has 0 saturated heterocycles. The molecule has 0 aliphatic heterocycles. The van der Waals surface area contributed by atoms with Gasteiger partial charge in [-0.05, 0) is 32.9 Å². The lowest BCUT2D eigenvalue weighted by molar-refractivity contribution is 0.0583. The van der Waals surface area contributed by atoms with E-state index < -0.39 is 0 Å². The Morgan fingerprint density at radius 2 is 2.27 bits per heavy atom. The Balaban J connectivity index is 2.91. The minimum atomic E-state index is -0.238. The summed E-state index contributed by atoms with van der Waals surface area (Å²) in [6, 6.07) is 3.38. The van der Waals surface area contributed by atoms with E-state index in [1.165, 1.54) is 6.26 Å². The number of carbonyl (C=O) groups is 1. The molecule has 1 heterocycles. The molecule has 1 aromatic rings. The quantitative estimate of drug-likeness (QED) is 0.714. The smallest absolute Gasteiger partial charge is 0.290 e. The van der Waals surface area contributed by atoms with Crippen molar-refractivity contribution in [2.45, 2.75) is 26.3 Å². The molecule has 0 aliphatic carbocycles. The summed E-state index contributed by atoms with van der Waals surface area (Å²) >= 11 is 0. The summed E-state index contributed by atoms with van der Waals surface area (Å²) < 4.78 is 5.09. The second-order valence-corrected chi connectivity index (χ2v) is 4.35. The van der Waals surface area contributed by atoms with Gasteiger partial charge in [-0.1, -0.05) is 6.08 Å². The van der Waals surface area contributed by atoms with E-state index in [-0.39, 0.29) is 11.4 Å². The molecule has 0 bridgehead atoms. The van der Waals surface area contributed by atoms with E-state index in [2.05, 4.69) is 6.58 Å². The van der Waals surface area contributed by atoms with Crippen LogP contribution in [0.5, 0.6) is 0 Å².